The van der Waals surface area contributed by atoms with E-state index in [0.29, 0.717) is 6.42 Å². The number of esters is 1. The average molecular weight is 469 g/mol. The SMILES string of the molecule is COC(=O)C[C@H]1[C@]2(C)C3=C(C)[C@H](c4ccoc4)C[C@H]3O[C@@H]2[C@H](O)[C@H]2[C@](C)(C=O)C=CC(=O)[C@]12C. The number of carbonyl (C=O) groups excluding carboxylic acids is 3. The second-order valence-electron chi connectivity index (χ2n) is 11.0. The van der Waals surface area contributed by atoms with E-state index in [9.17, 15) is 19.5 Å². The number of methoxy groups -OCH3 is 1. The number of fused-ring (bicyclic) bond motifs is 4. The molecule has 1 aromatic heterocycles. The van der Waals surface area contributed by atoms with Crippen molar-refractivity contribution < 1.29 is 33.4 Å². The van der Waals surface area contributed by atoms with Crippen LogP contribution in [-0.4, -0.2) is 48.6 Å². The van der Waals surface area contributed by atoms with E-state index in [-0.39, 0.29) is 24.2 Å². The van der Waals surface area contributed by atoms with E-state index in [0.717, 1.165) is 23.0 Å². The zero-order valence-electron chi connectivity index (χ0n) is 20.2. The smallest absolute Gasteiger partial charge is 0.305 e. The van der Waals surface area contributed by atoms with Gasteiger partial charge in [-0.1, -0.05) is 25.5 Å². The number of ether oxygens (including phenoxy) is 2. The zero-order valence-corrected chi connectivity index (χ0v) is 20.2. The number of aliphatic hydroxyl groups excluding tert-OH is 1. The van der Waals surface area contributed by atoms with Gasteiger partial charge in [0.1, 0.15) is 6.29 Å². The van der Waals surface area contributed by atoms with Crippen molar-refractivity contribution in [2.75, 3.05) is 7.11 Å². The van der Waals surface area contributed by atoms with E-state index in [1.54, 1.807) is 32.4 Å². The predicted molar refractivity (Wildman–Crippen MR) is 122 cm³/mol. The molecule has 3 aliphatic carbocycles. The summed E-state index contributed by atoms with van der Waals surface area (Å²) < 4.78 is 17.0. The molecule has 1 saturated heterocycles. The summed E-state index contributed by atoms with van der Waals surface area (Å²) in [4.78, 5) is 38.6. The fourth-order valence-corrected chi connectivity index (χ4v) is 8.03. The second kappa shape index (κ2) is 7.49. The van der Waals surface area contributed by atoms with Crippen LogP contribution in [0.2, 0.25) is 0 Å². The van der Waals surface area contributed by atoms with Crippen LogP contribution < -0.4 is 0 Å². The summed E-state index contributed by atoms with van der Waals surface area (Å²) in [5.41, 5.74) is 0.197. The van der Waals surface area contributed by atoms with Gasteiger partial charge < -0.3 is 23.8 Å². The Bertz CT molecular complexity index is 1100. The Kier molecular flexibility index (Phi) is 5.12. The van der Waals surface area contributed by atoms with E-state index in [4.69, 9.17) is 13.9 Å². The van der Waals surface area contributed by atoms with Gasteiger partial charge in [-0.05, 0) is 49.5 Å². The Morgan fingerprint density at radius 2 is 2.03 bits per heavy atom. The number of aldehydes is 1. The number of hydrogen-bond donors (Lipinski definition) is 1. The molecule has 2 fully saturated rings. The Morgan fingerprint density at radius 3 is 2.65 bits per heavy atom. The first-order chi connectivity index (χ1) is 16.0. The standard InChI is InChI=1S/C27H32O7/c1-14-16(15-7-9-33-12-15)10-17-21(14)27(4)18(11-20(30)32-5)26(3)19(29)6-8-25(2,13-28)23(26)22(31)24(27)34-17/h6-9,12-13,16-18,22-24,31H,10-11H2,1-5H3/t16-,17-,18-,22-,23+,24-,25+,26+,27-/m1/s1. The number of hydrogen-bond acceptors (Lipinski definition) is 7. The third-order valence-electron chi connectivity index (χ3n) is 9.54. The van der Waals surface area contributed by atoms with E-state index in [1.807, 2.05) is 13.0 Å². The van der Waals surface area contributed by atoms with Crippen molar-refractivity contribution in [2.24, 2.45) is 28.1 Å². The summed E-state index contributed by atoms with van der Waals surface area (Å²) in [6.45, 7) is 7.62. The summed E-state index contributed by atoms with van der Waals surface area (Å²) in [5, 5.41) is 11.8. The molecule has 34 heavy (non-hydrogen) atoms. The van der Waals surface area contributed by atoms with Crippen molar-refractivity contribution >= 4 is 18.0 Å². The van der Waals surface area contributed by atoms with Crippen LogP contribution >= 0.6 is 0 Å². The molecular weight excluding hydrogens is 436 g/mol. The van der Waals surface area contributed by atoms with Gasteiger partial charge in [-0.15, -0.1) is 0 Å². The van der Waals surface area contributed by atoms with Crippen LogP contribution in [0.15, 0.2) is 46.3 Å². The van der Waals surface area contributed by atoms with Gasteiger partial charge in [-0.3, -0.25) is 9.59 Å². The molecule has 0 bridgehead atoms. The van der Waals surface area contributed by atoms with Gasteiger partial charge >= 0.3 is 5.97 Å². The average Bonchev–Trinajstić information content (AvgIpc) is 3.51. The largest absolute Gasteiger partial charge is 0.472 e. The van der Waals surface area contributed by atoms with Gasteiger partial charge in [-0.25, -0.2) is 0 Å². The summed E-state index contributed by atoms with van der Waals surface area (Å²) in [7, 11) is 1.33. The lowest BCUT2D eigenvalue weighted by Crippen LogP contribution is -2.68. The molecule has 9 atom stereocenters. The van der Waals surface area contributed by atoms with Gasteiger partial charge in [0.25, 0.3) is 0 Å². The Morgan fingerprint density at radius 1 is 1.29 bits per heavy atom. The molecule has 1 saturated carbocycles. The summed E-state index contributed by atoms with van der Waals surface area (Å²) >= 11 is 0. The predicted octanol–water partition coefficient (Wildman–Crippen LogP) is 3.38. The highest BCUT2D eigenvalue weighted by atomic mass is 16.5. The van der Waals surface area contributed by atoms with Crippen molar-refractivity contribution in [3.8, 4) is 0 Å². The lowest BCUT2D eigenvalue weighted by atomic mass is 9.41. The van der Waals surface area contributed by atoms with E-state index in [2.05, 4.69) is 6.92 Å². The van der Waals surface area contributed by atoms with Gasteiger partial charge in [0.2, 0.25) is 0 Å². The van der Waals surface area contributed by atoms with Crippen molar-refractivity contribution in [3.63, 3.8) is 0 Å². The Balaban J connectivity index is 1.73. The first-order valence-electron chi connectivity index (χ1n) is 11.9. The van der Waals surface area contributed by atoms with Crippen molar-refractivity contribution in [1.29, 1.82) is 0 Å². The van der Waals surface area contributed by atoms with Crippen molar-refractivity contribution in [3.05, 3.63) is 47.5 Å². The van der Waals surface area contributed by atoms with E-state index >= 15 is 0 Å². The minimum absolute atomic E-state index is 0.0129. The molecule has 2 heterocycles. The quantitative estimate of drug-likeness (QED) is 0.410. The fraction of sp³-hybridized carbons (Fsp3) is 0.593. The van der Waals surface area contributed by atoms with Gasteiger partial charge in [0.05, 0.1) is 44.4 Å². The topological polar surface area (TPSA) is 103 Å². The van der Waals surface area contributed by atoms with Crippen LogP contribution in [0.1, 0.15) is 52.0 Å². The number of carbonyl (C=O) groups is 3. The van der Waals surface area contributed by atoms with Crippen LogP contribution in [0, 0.1) is 28.1 Å². The van der Waals surface area contributed by atoms with Gasteiger partial charge in [0.15, 0.2) is 5.78 Å². The maximum atomic E-state index is 13.6. The minimum Gasteiger partial charge on any atom is -0.472 e. The molecule has 1 aromatic rings. The van der Waals surface area contributed by atoms with E-state index < -0.39 is 46.3 Å². The lowest BCUT2D eigenvalue weighted by Gasteiger charge is -2.61. The first-order valence-corrected chi connectivity index (χ1v) is 11.9. The van der Waals surface area contributed by atoms with Gasteiger partial charge in [-0.2, -0.15) is 0 Å². The highest BCUT2D eigenvalue weighted by Crippen LogP contribution is 2.69. The second-order valence-corrected chi connectivity index (χ2v) is 11.0. The maximum absolute atomic E-state index is 13.6. The molecule has 0 amide bonds. The Hall–Kier alpha value is -2.51. The molecule has 0 unspecified atom stereocenters. The molecule has 1 aliphatic heterocycles. The number of aliphatic hydroxyl groups is 1. The van der Waals surface area contributed by atoms with Crippen molar-refractivity contribution in [2.45, 2.75) is 64.8 Å². The molecular formula is C27H32O7. The molecule has 0 radical (unpaired) electrons. The number of allylic oxidation sites excluding steroid dienone is 3. The Labute approximate surface area is 199 Å². The van der Waals surface area contributed by atoms with Crippen LogP contribution in [0.5, 0.6) is 0 Å². The molecule has 7 nitrogen and oxygen atoms in total. The minimum atomic E-state index is -1.16. The summed E-state index contributed by atoms with van der Waals surface area (Å²) in [6, 6.07) is 1.94. The summed E-state index contributed by atoms with van der Waals surface area (Å²) in [5.74, 6) is -1.77. The van der Waals surface area contributed by atoms with Crippen LogP contribution in [0.25, 0.3) is 0 Å². The maximum Gasteiger partial charge on any atom is 0.305 e. The molecule has 4 aliphatic rings. The molecule has 0 aromatic carbocycles. The number of ketones is 1. The van der Waals surface area contributed by atoms with Crippen LogP contribution in [0.3, 0.4) is 0 Å². The zero-order chi connectivity index (χ0) is 24.6. The first kappa shape index (κ1) is 23.2. The monoisotopic (exact) mass is 468 g/mol. The summed E-state index contributed by atoms with van der Waals surface area (Å²) in [6.07, 6.45) is 5.94. The lowest BCUT2D eigenvalue weighted by molar-refractivity contribution is -0.209. The van der Waals surface area contributed by atoms with Crippen molar-refractivity contribution in [1.82, 2.24) is 0 Å². The molecule has 1 N–H and O–H groups in total. The van der Waals surface area contributed by atoms with E-state index in [1.165, 1.54) is 13.2 Å². The third-order valence-corrected chi connectivity index (χ3v) is 9.54. The highest BCUT2D eigenvalue weighted by Gasteiger charge is 2.73. The van der Waals surface area contributed by atoms with Gasteiger partial charge in [0, 0.05) is 28.1 Å². The molecule has 7 heteroatoms. The normalized spacial score (nSPS) is 45.1. The number of furan rings is 1. The molecule has 182 valence electrons. The van der Waals surface area contributed by atoms with Crippen LogP contribution in [0.4, 0.5) is 0 Å². The third kappa shape index (κ3) is 2.74. The molecule has 5 rings (SSSR count). The van der Waals surface area contributed by atoms with Crippen LogP contribution in [-0.2, 0) is 23.9 Å². The fourth-order valence-electron chi connectivity index (χ4n) is 8.03. The number of rotatable bonds is 4. The highest BCUT2D eigenvalue weighted by molar-refractivity contribution is 5.98. The molecule has 0 spiro atoms.